The highest BCUT2D eigenvalue weighted by atomic mass is 32.2. The molecule has 0 bridgehead atoms. The fourth-order valence-corrected chi connectivity index (χ4v) is 3.40. The summed E-state index contributed by atoms with van der Waals surface area (Å²) in [5.41, 5.74) is 0. The van der Waals surface area contributed by atoms with E-state index in [2.05, 4.69) is 5.10 Å². The smallest absolute Gasteiger partial charge is 0.325 e. The minimum Gasteiger partial charge on any atom is -0.480 e. The molecule has 2 N–H and O–H groups in total. The maximum Gasteiger partial charge on any atom is 0.325 e. The molecule has 9 heteroatoms. The second-order valence-corrected chi connectivity index (χ2v) is 7.09. The van der Waals surface area contributed by atoms with Gasteiger partial charge in [-0.15, -0.1) is 0 Å². The van der Waals surface area contributed by atoms with Crippen molar-refractivity contribution in [2.45, 2.75) is 30.4 Å². The molecule has 0 atom stereocenters. The van der Waals surface area contributed by atoms with Crippen LogP contribution in [0.15, 0.2) is 17.3 Å². The van der Waals surface area contributed by atoms with Crippen molar-refractivity contribution in [3.8, 4) is 0 Å². The van der Waals surface area contributed by atoms with Crippen LogP contribution in [0.25, 0.3) is 0 Å². The van der Waals surface area contributed by atoms with Crippen molar-refractivity contribution in [3.63, 3.8) is 0 Å². The molecule has 0 spiro atoms. The second kappa shape index (κ2) is 5.51. The first kappa shape index (κ1) is 14.9. The van der Waals surface area contributed by atoms with Crippen molar-refractivity contribution in [1.82, 2.24) is 14.1 Å². The summed E-state index contributed by atoms with van der Waals surface area (Å²) in [6.45, 7) is -0.0441. The zero-order chi connectivity index (χ0) is 14.9. The molecule has 1 aromatic heterocycles. The van der Waals surface area contributed by atoms with Crippen molar-refractivity contribution < 1.29 is 23.4 Å². The molecule has 1 aliphatic rings. The molecule has 0 amide bonds. The molecule has 0 aromatic carbocycles. The van der Waals surface area contributed by atoms with E-state index >= 15 is 0 Å². The summed E-state index contributed by atoms with van der Waals surface area (Å²) >= 11 is 0. The van der Waals surface area contributed by atoms with Gasteiger partial charge < -0.3 is 10.2 Å². The number of carboxylic acids is 1. The van der Waals surface area contributed by atoms with E-state index in [1.807, 2.05) is 0 Å². The highest BCUT2D eigenvalue weighted by Gasteiger charge is 2.32. The van der Waals surface area contributed by atoms with Crippen molar-refractivity contribution in [2.24, 2.45) is 5.92 Å². The standard InChI is InChI=1S/C11H17N3O5S/c1-13(5-8-2-9(15)3-8)20(18,19)10-4-12-14(6-10)7-11(16)17/h4,6,8-9,15H,2-3,5,7H2,1H3,(H,16,17). The number of rotatable bonds is 6. The SMILES string of the molecule is CN(CC1CC(O)C1)S(=O)(=O)c1cnn(CC(=O)O)c1. The summed E-state index contributed by atoms with van der Waals surface area (Å²) in [6.07, 6.45) is 3.24. The molecule has 0 radical (unpaired) electrons. The van der Waals surface area contributed by atoms with Crippen molar-refractivity contribution >= 4 is 16.0 Å². The zero-order valence-corrected chi connectivity index (χ0v) is 11.8. The Bertz CT molecular complexity index is 591. The number of aliphatic hydroxyl groups excluding tert-OH is 1. The number of carbonyl (C=O) groups is 1. The van der Waals surface area contributed by atoms with Gasteiger partial charge in [0, 0.05) is 19.8 Å². The molecule has 0 aliphatic heterocycles. The Morgan fingerprint density at radius 1 is 1.55 bits per heavy atom. The quantitative estimate of drug-likeness (QED) is 0.722. The third-order valence-electron chi connectivity index (χ3n) is 3.34. The molecule has 2 rings (SSSR count). The number of aromatic nitrogens is 2. The number of nitrogens with zero attached hydrogens (tertiary/aromatic N) is 3. The summed E-state index contributed by atoms with van der Waals surface area (Å²) < 4.78 is 26.8. The number of carboxylic acid groups (broad SMARTS) is 1. The second-order valence-electron chi connectivity index (χ2n) is 5.04. The Balaban J connectivity index is 2.05. The largest absolute Gasteiger partial charge is 0.480 e. The van der Waals surface area contributed by atoms with E-state index in [1.165, 1.54) is 17.5 Å². The Morgan fingerprint density at radius 3 is 2.75 bits per heavy atom. The molecule has 0 saturated heterocycles. The maximum atomic E-state index is 12.3. The molecular formula is C11H17N3O5S. The highest BCUT2D eigenvalue weighted by molar-refractivity contribution is 7.89. The van der Waals surface area contributed by atoms with E-state index in [0.29, 0.717) is 19.4 Å². The van der Waals surface area contributed by atoms with Crippen molar-refractivity contribution in [1.29, 1.82) is 0 Å². The lowest BCUT2D eigenvalue weighted by atomic mass is 9.82. The van der Waals surface area contributed by atoms with E-state index in [1.54, 1.807) is 0 Å². The van der Waals surface area contributed by atoms with Gasteiger partial charge in [0.1, 0.15) is 11.4 Å². The normalized spacial score (nSPS) is 22.8. The predicted octanol–water partition coefficient (Wildman–Crippen LogP) is -0.641. The first-order chi connectivity index (χ1) is 9.29. The molecule has 1 saturated carbocycles. The van der Waals surface area contributed by atoms with E-state index in [-0.39, 0.29) is 23.5 Å². The van der Waals surface area contributed by atoms with E-state index < -0.39 is 16.0 Å². The monoisotopic (exact) mass is 303 g/mol. The lowest BCUT2D eigenvalue weighted by Crippen LogP contribution is -2.39. The maximum absolute atomic E-state index is 12.3. The van der Waals surface area contributed by atoms with Gasteiger partial charge in [-0.05, 0) is 18.8 Å². The average Bonchev–Trinajstić information content (AvgIpc) is 2.75. The Morgan fingerprint density at radius 2 is 2.20 bits per heavy atom. The van der Waals surface area contributed by atoms with Crippen LogP contribution in [0, 0.1) is 5.92 Å². The van der Waals surface area contributed by atoms with Crippen molar-refractivity contribution in [2.75, 3.05) is 13.6 Å². The lowest BCUT2D eigenvalue weighted by Gasteiger charge is -2.33. The molecule has 1 heterocycles. The first-order valence-electron chi connectivity index (χ1n) is 6.17. The lowest BCUT2D eigenvalue weighted by molar-refractivity contribution is -0.137. The number of aliphatic carboxylic acids is 1. The van der Waals surface area contributed by atoms with Crippen LogP contribution >= 0.6 is 0 Å². The predicted molar refractivity (Wildman–Crippen MR) is 68.4 cm³/mol. The van der Waals surface area contributed by atoms with Crippen LogP contribution < -0.4 is 0 Å². The molecule has 1 aromatic rings. The molecule has 112 valence electrons. The third kappa shape index (κ3) is 3.17. The van der Waals surface area contributed by atoms with Gasteiger partial charge in [0.15, 0.2) is 0 Å². The van der Waals surface area contributed by atoms with Gasteiger partial charge in [0.05, 0.1) is 12.3 Å². The van der Waals surface area contributed by atoms with Crippen LogP contribution in [0.4, 0.5) is 0 Å². The Kier molecular flexibility index (Phi) is 4.11. The summed E-state index contributed by atoms with van der Waals surface area (Å²) in [4.78, 5) is 10.5. The van der Waals surface area contributed by atoms with Crippen LogP contribution in [-0.4, -0.2) is 58.4 Å². The summed E-state index contributed by atoms with van der Waals surface area (Å²) in [7, 11) is -2.20. The fourth-order valence-electron chi connectivity index (χ4n) is 2.19. The Hall–Kier alpha value is -1.45. The summed E-state index contributed by atoms with van der Waals surface area (Å²) in [5, 5.41) is 21.5. The molecular weight excluding hydrogens is 286 g/mol. The van der Waals surface area contributed by atoms with Gasteiger partial charge in [0.2, 0.25) is 10.0 Å². The minimum absolute atomic E-state index is 0.0267. The van der Waals surface area contributed by atoms with Crippen LogP contribution in [-0.2, 0) is 21.4 Å². The van der Waals surface area contributed by atoms with E-state index in [9.17, 15) is 18.3 Å². The van der Waals surface area contributed by atoms with Gasteiger partial charge in [-0.25, -0.2) is 12.7 Å². The number of sulfonamides is 1. The molecule has 0 unspecified atom stereocenters. The first-order valence-corrected chi connectivity index (χ1v) is 7.61. The minimum atomic E-state index is -3.67. The fraction of sp³-hybridized carbons (Fsp3) is 0.636. The topological polar surface area (TPSA) is 113 Å². The third-order valence-corrected chi connectivity index (χ3v) is 5.12. The van der Waals surface area contributed by atoms with Gasteiger partial charge in [-0.2, -0.15) is 5.10 Å². The van der Waals surface area contributed by atoms with Crippen molar-refractivity contribution in [3.05, 3.63) is 12.4 Å². The summed E-state index contributed by atoms with van der Waals surface area (Å²) in [6, 6.07) is 0. The Labute approximate surface area is 116 Å². The molecule has 1 fully saturated rings. The van der Waals surface area contributed by atoms with Crippen LogP contribution in [0.1, 0.15) is 12.8 Å². The average molecular weight is 303 g/mol. The van der Waals surface area contributed by atoms with E-state index in [0.717, 1.165) is 10.9 Å². The molecule has 1 aliphatic carbocycles. The molecule has 8 nitrogen and oxygen atoms in total. The number of hydrogen-bond donors (Lipinski definition) is 2. The van der Waals surface area contributed by atoms with E-state index in [4.69, 9.17) is 5.11 Å². The zero-order valence-electron chi connectivity index (χ0n) is 11.0. The van der Waals surface area contributed by atoms with Crippen LogP contribution in [0.2, 0.25) is 0 Å². The van der Waals surface area contributed by atoms with Crippen LogP contribution in [0.3, 0.4) is 0 Å². The highest BCUT2D eigenvalue weighted by Crippen LogP contribution is 2.29. The van der Waals surface area contributed by atoms with Gasteiger partial charge in [0.25, 0.3) is 0 Å². The molecule has 20 heavy (non-hydrogen) atoms. The number of aliphatic hydroxyl groups is 1. The van der Waals surface area contributed by atoms with Gasteiger partial charge in [-0.3, -0.25) is 9.48 Å². The van der Waals surface area contributed by atoms with Crippen LogP contribution in [0.5, 0.6) is 0 Å². The van der Waals surface area contributed by atoms with Gasteiger partial charge in [-0.1, -0.05) is 0 Å². The van der Waals surface area contributed by atoms with Gasteiger partial charge >= 0.3 is 5.97 Å². The number of hydrogen-bond acceptors (Lipinski definition) is 5. The summed E-state index contributed by atoms with van der Waals surface area (Å²) in [5.74, 6) is -0.923.